The SMILES string of the molecule is OC(COCC(F)(F)F)C1CCOC2(CCCCC2)C1. The van der Waals surface area contributed by atoms with Crippen molar-refractivity contribution in [2.45, 2.75) is 62.8 Å². The molecule has 1 N–H and O–H groups in total. The van der Waals surface area contributed by atoms with E-state index in [9.17, 15) is 18.3 Å². The average molecular weight is 296 g/mol. The van der Waals surface area contributed by atoms with Gasteiger partial charge in [0.15, 0.2) is 0 Å². The highest BCUT2D eigenvalue weighted by Crippen LogP contribution is 2.41. The van der Waals surface area contributed by atoms with E-state index in [1.54, 1.807) is 0 Å². The molecule has 1 aliphatic carbocycles. The quantitative estimate of drug-likeness (QED) is 0.866. The third kappa shape index (κ3) is 4.60. The fourth-order valence-electron chi connectivity index (χ4n) is 3.37. The van der Waals surface area contributed by atoms with Crippen LogP contribution in [0.15, 0.2) is 0 Å². The topological polar surface area (TPSA) is 38.7 Å². The van der Waals surface area contributed by atoms with Crippen LogP contribution < -0.4 is 0 Å². The zero-order valence-electron chi connectivity index (χ0n) is 11.6. The summed E-state index contributed by atoms with van der Waals surface area (Å²) in [5.74, 6) is -0.0184. The van der Waals surface area contributed by atoms with Crippen LogP contribution in [-0.4, -0.2) is 42.8 Å². The van der Waals surface area contributed by atoms with Crippen molar-refractivity contribution in [3.63, 3.8) is 0 Å². The van der Waals surface area contributed by atoms with Gasteiger partial charge in [-0.05, 0) is 31.6 Å². The van der Waals surface area contributed by atoms with Crippen molar-refractivity contribution in [3.8, 4) is 0 Å². The van der Waals surface area contributed by atoms with Crippen molar-refractivity contribution >= 4 is 0 Å². The van der Waals surface area contributed by atoms with E-state index >= 15 is 0 Å². The number of hydrogen-bond acceptors (Lipinski definition) is 3. The lowest BCUT2D eigenvalue weighted by Gasteiger charge is -2.44. The number of alkyl halides is 3. The third-order valence-corrected chi connectivity index (χ3v) is 4.39. The van der Waals surface area contributed by atoms with Gasteiger partial charge in [-0.25, -0.2) is 0 Å². The highest BCUT2D eigenvalue weighted by Gasteiger charge is 2.40. The van der Waals surface area contributed by atoms with Crippen LogP contribution >= 0.6 is 0 Å². The van der Waals surface area contributed by atoms with Crippen LogP contribution in [0.2, 0.25) is 0 Å². The molecule has 3 nitrogen and oxygen atoms in total. The molecule has 0 radical (unpaired) electrons. The van der Waals surface area contributed by atoms with Gasteiger partial charge in [0.1, 0.15) is 6.61 Å². The van der Waals surface area contributed by atoms with E-state index < -0.39 is 18.9 Å². The molecule has 1 spiro atoms. The van der Waals surface area contributed by atoms with Gasteiger partial charge in [-0.15, -0.1) is 0 Å². The summed E-state index contributed by atoms with van der Waals surface area (Å²) in [6, 6.07) is 0. The maximum atomic E-state index is 12.0. The summed E-state index contributed by atoms with van der Waals surface area (Å²) >= 11 is 0. The molecule has 1 saturated heterocycles. The molecule has 2 atom stereocenters. The van der Waals surface area contributed by atoms with Crippen LogP contribution in [0, 0.1) is 5.92 Å². The van der Waals surface area contributed by atoms with E-state index in [0.29, 0.717) is 13.0 Å². The molecule has 0 amide bonds. The molecule has 2 rings (SSSR count). The van der Waals surface area contributed by atoms with Crippen molar-refractivity contribution in [1.82, 2.24) is 0 Å². The van der Waals surface area contributed by atoms with E-state index in [2.05, 4.69) is 4.74 Å². The van der Waals surface area contributed by atoms with Crippen molar-refractivity contribution in [2.24, 2.45) is 5.92 Å². The fraction of sp³-hybridized carbons (Fsp3) is 1.00. The van der Waals surface area contributed by atoms with Gasteiger partial charge in [0.25, 0.3) is 0 Å². The van der Waals surface area contributed by atoms with Crippen LogP contribution in [-0.2, 0) is 9.47 Å². The molecule has 6 heteroatoms. The van der Waals surface area contributed by atoms with Crippen molar-refractivity contribution in [2.75, 3.05) is 19.8 Å². The second-order valence-electron chi connectivity index (χ2n) is 6.04. The van der Waals surface area contributed by atoms with Gasteiger partial charge in [0, 0.05) is 6.61 Å². The Labute approximate surface area is 117 Å². The predicted molar refractivity (Wildman–Crippen MR) is 67.4 cm³/mol. The first kappa shape index (κ1) is 16.0. The molecule has 0 bridgehead atoms. The van der Waals surface area contributed by atoms with Crippen LogP contribution in [0.25, 0.3) is 0 Å². The lowest BCUT2D eigenvalue weighted by atomic mass is 9.75. The van der Waals surface area contributed by atoms with Crippen LogP contribution in [0.5, 0.6) is 0 Å². The molecular weight excluding hydrogens is 273 g/mol. The Kier molecular flexibility index (Phi) is 5.31. The zero-order valence-corrected chi connectivity index (χ0v) is 11.6. The minimum absolute atomic E-state index is 0.0184. The maximum absolute atomic E-state index is 12.0. The Morgan fingerprint density at radius 1 is 1.25 bits per heavy atom. The lowest BCUT2D eigenvalue weighted by Crippen LogP contribution is -2.45. The van der Waals surface area contributed by atoms with Gasteiger partial charge in [0.05, 0.1) is 18.3 Å². The number of rotatable bonds is 4. The van der Waals surface area contributed by atoms with Crippen molar-refractivity contribution in [3.05, 3.63) is 0 Å². The molecule has 1 aliphatic heterocycles. The molecular formula is C14H23F3O3. The van der Waals surface area contributed by atoms with Gasteiger partial charge < -0.3 is 14.6 Å². The number of aliphatic hydroxyl groups is 1. The average Bonchev–Trinajstić information content (AvgIpc) is 2.38. The molecule has 0 aromatic carbocycles. The number of hydrogen-bond donors (Lipinski definition) is 1. The van der Waals surface area contributed by atoms with E-state index in [1.165, 1.54) is 6.42 Å². The van der Waals surface area contributed by atoms with Crippen LogP contribution in [0.1, 0.15) is 44.9 Å². The summed E-state index contributed by atoms with van der Waals surface area (Å²) < 4.78 is 46.5. The molecule has 0 aromatic rings. The molecule has 2 fully saturated rings. The normalized spacial score (nSPS) is 28.5. The molecule has 2 aliphatic rings. The Morgan fingerprint density at radius 3 is 2.60 bits per heavy atom. The molecule has 0 aromatic heterocycles. The Morgan fingerprint density at radius 2 is 1.95 bits per heavy atom. The van der Waals surface area contributed by atoms with E-state index in [4.69, 9.17) is 4.74 Å². The minimum Gasteiger partial charge on any atom is -0.390 e. The molecule has 1 saturated carbocycles. The van der Waals surface area contributed by atoms with Gasteiger partial charge in [-0.3, -0.25) is 0 Å². The summed E-state index contributed by atoms with van der Waals surface area (Å²) in [4.78, 5) is 0. The largest absolute Gasteiger partial charge is 0.411 e. The molecule has 118 valence electrons. The van der Waals surface area contributed by atoms with Crippen LogP contribution in [0.4, 0.5) is 13.2 Å². The first-order valence-electron chi connectivity index (χ1n) is 7.37. The highest BCUT2D eigenvalue weighted by molar-refractivity contribution is 4.91. The van der Waals surface area contributed by atoms with Gasteiger partial charge >= 0.3 is 6.18 Å². The Balaban J connectivity index is 1.79. The first-order valence-corrected chi connectivity index (χ1v) is 7.37. The summed E-state index contributed by atoms with van der Waals surface area (Å²) in [5.41, 5.74) is -0.147. The minimum atomic E-state index is -4.33. The maximum Gasteiger partial charge on any atom is 0.411 e. The second-order valence-corrected chi connectivity index (χ2v) is 6.04. The molecule has 20 heavy (non-hydrogen) atoms. The monoisotopic (exact) mass is 296 g/mol. The Bertz CT molecular complexity index is 295. The summed E-state index contributed by atoms with van der Waals surface area (Å²) in [7, 11) is 0. The Hall–Kier alpha value is -0.330. The molecule has 2 unspecified atom stereocenters. The second kappa shape index (κ2) is 6.62. The third-order valence-electron chi connectivity index (χ3n) is 4.39. The van der Waals surface area contributed by atoms with Crippen molar-refractivity contribution < 1.29 is 27.8 Å². The van der Waals surface area contributed by atoms with Gasteiger partial charge in [0.2, 0.25) is 0 Å². The highest BCUT2D eigenvalue weighted by atomic mass is 19.4. The van der Waals surface area contributed by atoms with Crippen molar-refractivity contribution in [1.29, 1.82) is 0 Å². The number of halogens is 3. The summed E-state index contributed by atoms with van der Waals surface area (Å²) in [6.07, 6.45) is 1.74. The number of ether oxygens (including phenoxy) is 2. The van der Waals surface area contributed by atoms with E-state index in [0.717, 1.165) is 32.1 Å². The standard InChI is InChI=1S/C14H23F3O3/c15-14(16,17)10-19-9-12(18)11-4-7-20-13(8-11)5-2-1-3-6-13/h11-12,18H,1-10H2. The van der Waals surface area contributed by atoms with E-state index in [1.807, 2.05) is 0 Å². The fourth-order valence-corrected chi connectivity index (χ4v) is 3.37. The van der Waals surface area contributed by atoms with E-state index in [-0.39, 0.29) is 18.1 Å². The predicted octanol–water partition coefficient (Wildman–Crippen LogP) is 3.06. The summed E-state index contributed by atoms with van der Waals surface area (Å²) in [5, 5.41) is 10.0. The lowest BCUT2D eigenvalue weighted by molar-refractivity contribution is -0.186. The zero-order chi connectivity index (χ0) is 14.6. The van der Waals surface area contributed by atoms with Gasteiger partial charge in [-0.2, -0.15) is 13.2 Å². The van der Waals surface area contributed by atoms with Gasteiger partial charge in [-0.1, -0.05) is 19.3 Å². The summed E-state index contributed by atoms with van der Waals surface area (Å²) in [6.45, 7) is -0.959. The first-order chi connectivity index (χ1) is 9.40. The number of aliphatic hydroxyl groups excluding tert-OH is 1. The molecule has 1 heterocycles. The van der Waals surface area contributed by atoms with Crippen LogP contribution in [0.3, 0.4) is 0 Å². The smallest absolute Gasteiger partial charge is 0.390 e.